The highest BCUT2D eigenvalue weighted by Gasteiger charge is 2.39. The van der Waals surface area contributed by atoms with Crippen molar-refractivity contribution in [3.05, 3.63) is 34.6 Å². The topological polar surface area (TPSA) is 26.0 Å². The third kappa shape index (κ3) is 2.80. The van der Waals surface area contributed by atoms with Gasteiger partial charge in [-0.1, -0.05) is 30.2 Å². The zero-order chi connectivity index (χ0) is 13.4. The van der Waals surface area contributed by atoms with E-state index in [0.29, 0.717) is 6.42 Å². The molecule has 4 atom stereocenters. The largest absolute Gasteiger partial charge is 0.327 e. The highest BCUT2D eigenvalue weighted by molar-refractivity contribution is 6.31. The molecule has 1 aromatic carbocycles. The van der Waals surface area contributed by atoms with Crippen LogP contribution in [0.1, 0.15) is 37.7 Å². The van der Waals surface area contributed by atoms with Crippen molar-refractivity contribution in [2.75, 3.05) is 0 Å². The van der Waals surface area contributed by atoms with Crippen LogP contribution in [-0.2, 0) is 6.42 Å². The Bertz CT molecular complexity index is 462. The normalized spacial score (nSPS) is 30.8. The third-order valence-electron chi connectivity index (χ3n) is 5.00. The molecule has 2 fully saturated rings. The maximum Gasteiger partial charge on any atom is 0.142 e. The van der Waals surface area contributed by atoms with Crippen LogP contribution in [0.5, 0.6) is 0 Å². The van der Waals surface area contributed by atoms with Gasteiger partial charge in [0, 0.05) is 6.04 Å². The number of rotatable bonds is 4. The smallest absolute Gasteiger partial charge is 0.142 e. The summed E-state index contributed by atoms with van der Waals surface area (Å²) in [5, 5.41) is 0.242. The molecule has 2 N–H and O–H groups in total. The van der Waals surface area contributed by atoms with Crippen LogP contribution in [0.4, 0.5) is 4.39 Å². The standard InChI is InChI=1S/C16H21ClFN/c17-16-12(2-1-3-15(16)18)8-14(19)9-13-7-10-4-5-11(13)6-10/h1-3,10-11,13-14H,4-9,19H2. The van der Waals surface area contributed by atoms with E-state index in [1.807, 2.05) is 6.07 Å². The van der Waals surface area contributed by atoms with Gasteiger partial charge in [-0.3, -0.25) is 0 Å². The van der Waals surface area contributed by atoms with Crippen LogP contribution >= 0.6 is 11.6 Å². The van der Waals surface area contributed by atoms with Crippen molar-refractivity contribution in [1.82, 2.24) is 0 Å². The summed E-state index contributed by atoms with van der Waals surface area (Å²) in [6, 6.07) is 5.09. The molecule has 0 saturated heterocycles. The van der Waals surface area contributed by atoms with Gasteiger partial charge in [0.2, 0.25) is 0 Å². The van der Waals surface area contributed by atoms with Crippen molar-refractivity contribution in [2.24, 2.45) is 23.5 Å². The minimum Gasteiger partial charge on any atom is -0.327 e. The van der Waals surface area contributed by atoms with E-state index < -0.39 is 0 Å². The molecule has 4 unspecified atom stereocenters. The van der Waals surface area contributed by atoms with Crippen LogP contribution in [0, 0.1) is 23.6 Å². The average molecular weight is 282 g/mol. The van der Waals surface area contributed by atoms with E-state index in [9.17, 15) is 4.39 Å². The Balaban J connectivity index is 1.59. The van der Waals surface area contributed by atoms with Gasteiger partial charge in [-0.2, -0.15) is 0 Å². The molecule has 2 saturated carbocycles. The van der Waals surface area contributed by atoms with Gasteiger partial charge < -0.3 is 5.73 Å². The molecular formula is C16H21ClFN. The van der Waals surface area contributed by atoms with Crippen LogP contribution in [0.2, 0.25) is 5.02 Å². The van der Waals surface area contributed by atoms with Gasteiger partial charge in [0.05, 0.1) is 5.02 Å². The van der Waals surface area contributed by atoms with Crippen LogP contribution < -0.4 is 5.73 Å². The Labute approximate surface area is 119 Å². The monoisotopic (exact) mass is 281 g/mol. The van der Waals surface area contributed by atoms with Crippen molar-refractivity contribution in [2.45, 2.75) is 44.6 Å². The molecule has 0 aromatic heterocycles. The summed E-state index contributed by atoms with van der Waals surface area (Å²) in [5.74, 6) is 2.31. The lowest BCUT2D eigenvalue weighted by Gasteiger charge is -2.25. The van der Waals surface area contributed by atoms with Crippen LogP contribution in [0.25, 0.3) is 0 Å². The van der Waals surface area contributed by atoms with E-state index in [-0.39, 0.29) is 16.9 Å². The number of hydrogen-bond acceptors (Lipinski definition) is 1. The fourth-order valence-corrected chi connectivity index (χ4v) is 4.33. The molecule has 0 heterocycles. The molecule has 1 nitrogen and oxygen atoms in total. The minimum absolute atomic E-state index is 0.101. The second-order valence-electron chi connectivity index (χ2n) is 6.35. The van der Waals surface area contributed by atoms with Gasteiger partial charge in [-0.05, 0) is 61.5 Å². The van der Waals surface area contributed by atoms with Crippen LogP contribution in [0.15, 0.2) is 18.2 Å². The van der Waals surface area contributed by atoms with Crippen LogP contribution in [0.3, 0.4) is 0 Å². The molecule has 0 spiro atoms. The summed E-state index contributed by atoms with van der Waals surface area (Å²) in [6.45, 7) is 0. The molecule has 2 aliphatic rings. The van der Waals surface area contributed by atoms with Crippen molar-refractivity contribution < 1.29 is 4.39 Å². The SMILES string of the molecule is NC(Cc1cccc(F)c1Cl)CC1CC2CCC1C2. The second kappa shape index (κ2) is 5.41. The van der Waals surface area contributed by atoms with E-state index in [1.165, 1.54) is 31.7 Å². The zero-order valence-electron chi connectivity index (χ0n) is 11.1. The van der Waals surface area contributed by atoms with E-state index in [0.717, 1.165) is 29.7 Å². The van der Waals surface area contributed by atoms with E-state index in [4.69, 9.17) is 17.3 Å². The maximum absolute atomic E-state index is 13.4. The summed E-state index contributed by atoms with van der Waals surface area (Å²) in [5.41, 5.74) is 7.10. The molecule has 1 aromatic rings. The summed E-state index contributed by atoms with van der Waals surface area (Å²) >= 11 is 5.99. The van der Waals surface area contributed by atoms with E-state index >= 15 is 0 Å². The van der Waals surface area contributed by atoms with Gasteiger partial charge in [-0.25, -0.2) is 4.39 Å². The quantitative estimate of drug-likeness (QED) is 0.880. The fraction of sp³-hybridized carbons (Fsp3) is 0.625. The summed E-state index contributed by atoms with van der Waals surface area (Å²) < 4.78 is 13.4. The lowest BCUT2D eigenvalue weighted by molar-refractivity contribution is 0.294. The predicted molar refractivity (Wildman–Crippen MR) is 76.6 cm³/mol. The first-order valence-electron chi connectivity index (χ1n) is 7.32. The molecule has 0 radical (unpaired) electrons. The predicted octanol–water partition coefficient (Wildman–Crippen LogP) is 4.18. The lowest BCUT2D eigenvalue weighted by Crippen LogP contribution is -2.28. The van der Waals surface area contributed by atoms with E-state index in [1.54, 1.807) is 6.07 Å². The number of fused-ring (bicyclic) bond motifs is 2. The Morgan fingerprint density at radius 1 is 1.32 bits per heavy atom. The van der Waals surface area contributed by atoms with Gasteiger partial charge >= 0.3 is 0 Å². The third-order valence-corrected chi connectivity index (χ3v) is 5.43. The molecule has 3 heteroatoms. The molecular weight excluding hydrogens is 261 g/mol. The number of benzene rings is 1. The van der Waals surface area contributed by atoms with Crippen molar-refractivity contribution in [3.63, 3.8) is 0 Å². The number of hydrogen-bond donors (Lipinski definition) is 1. The highest BCUT2D eigenvalue weighted by atomic mass is 35.5. The summed E-state index contributed by atoms with van der Waals surface area (Å²) in [7, 11) is 0. The van der Waals surface area contributed by atoms with Crippen LogP contribution in [-0.4, -0.2) is 6.04 Å². The Morgan fingerprint density at radius 2 is 2.16 bits per heavy atom. The Kier molecular flexibility index (Phi) is 3.81. The van der Waals surface area contributed by atoms with Crippen molar-refractivity contribution in [1.29, 1.82) is 0 Å². The lowest BCUT2D eigenvalue weighted by atomic mass is 9.83. The summed E-state index contributed by atoms with van der Waals surface area (Å²) in [6.07, 6.45) is 7.33. The van der Waals surface area contributed by atoms with Crippen molar-refractivity contribution >= 4 is 11.6 Å². The van der Waals surface area contributed by atoms with Gasteiger partial charge in [-0.15, -0.1) is 0 Å². The molecule has 2 aliphatic carbocycles. The summed E-state index contributed by atoms with van der Waals surface area (Å²) in [4.78, 5) is 0. The first-order valence-corrected chi connectivity index (χ1v) is 7.69. The molecule has 3 rings (SSSR count). The molecule has 0 aliphatic heterocycles. The Hall–Kier alpha value is -0.600. The van der Waals surface area contributed by atoms with Gasteiger partial charge in [0.1, 0.15) is 5.82 Å². The average Bonchev–Trinajstić information content (AvgIpc) is 2.97. The number of halogens is 2. The number of nitrogens with two attached hydrogens (primary N) is 1. The molecule has 19 heavy (non-hydrogen) atoms. The first-order chi connectivity index (χ1) is 9.13. The van der Waals surface area contributed by atoms with Crippen molar-refractivity contribution in [3.8, 4) is 0 Å². The first kappa shape index (κ1) is 13.4. The van der Waals surface area contributed by atoms with Gasteiger partial charge in [0.15, 0.2) is 0 Å². The molecule has 104 valence electrons. The second-order valence-corrected chi connectivity index (χ2v) is 6.73. The van der Waals surface area contributed by atoms with E-state index in [2.05, 4.69) is 0 Å². The fourth-order valence-electron chi connectivity index (χ4n) is 4.13. The Morgan fingerprint density at radius 3 is 2.84 bits per heavy atom. The maximum atomic E-state index is 13.4. The van der Waals surface area contributed by atoms with Gasteiger partial charge in [0.25, 0.3) is 0 Å². The molecule has 0 amide bonds. The minimum atomic E-state index is -0.341. The zero-order valence-corrected chi connectivity index (χ0v) is 11.9. The highest BCUT2D eigenvalue weighted by Crippen LogP contribution is 2.49. The molecule has 2 bridgehead atoms.